The number of nitrogens with one attached hydrogen (secondary N) is 4. The van der Waals surface area contributed by atoms with Crippen molar-refractivity contribution in [1.29, 1.82) is 0 Å². The number of carbonyl (C=O) groups excluding carboxylic acids is 11. The van der Waals surface area contributed by atoms with E-state index in [0.29, 0.717) is 19.0 Å². The van der Waals surface area contributed by atoms with E-state index in [4.69, 9.17) is 0 Å². The standard InChI is InChI=1S/C70H125N13O12/c1-25-27-29-45(13)59(84)58-63(88)73-51(26-2)66(91)75(18)49(17)65(90)80(23)57(46(14)39-82-32-34-83(35-33-82)50-30-28-31-50)62(87)74-55(43(9)10)69(94)76(19)52(36-40(3)4)61(86)71-47(15)60(85)72-48(16)64(89)77(20)53(37-41(5)6)67(92)78(21)54(38-42(7)8)68(93)79(22)56(44(11)12)70(95)81(58)24/h25,27,40-59,84H,26,28-39H2,1-24H3,(H,71,86)(H,72,85)(H,73,88)(H,74,87)/b27-25+/t45-,46+,47+,48-,49-,51+,52+,53+,54+,55+,56+,57+,58+,59-/m1/s1. The Morgan fingerprint density at radius 3 is 1.41 bits per heavy atom. The molecule has 0 radical (unpaired) electrons. The highest BCUT2D eigenvalue weighted by Crippen LogP contribution is 2.28. The first kappa shape index (κ1) is 83.0. The van der Waals surface area contributed by atoms with Crippen molar-refractivity contribution in [3.05, 3.63) is 12.2 Å². The third kappa shape index (κ3) is 21.9. The van der Waals surface area contributed by atoms with Crippen LogP contribution >= 0.6 is 0 Å². The van der Waals surface area contributed by atoms with E-state index in [2.05, 4.69) is 31.1 Å². The topological polar surface area (TPSA) is 285 Å². The van der Waals surface area contributed by atoms with E-state index in [9.17, 15) is 29.1 Å². The number of piperazine rings is 1. The van der Waals surface area contributed by atoms with Gasteiger partial charge in [-0.25, -0.2) is 0 Å². The smallest absolute Gasteiger partial charge is 0.246 e. The van der Waals surface area contributed by atoms with Crippen molar-refractivity contribution in [2.24, 2.45) is 41.4 Å². The minimum absolute atomic E-state index is 0.0134. The highest BCUT2D eigenvalue weighted by atomic mass is 16.3. The zero-order valence-electron chi connectivity index (χ0n) is 62.4. The van der Waals surface area contributed by atoms with Crippen LogP contribution in [0.15, 0.2) is 12.2 Å². The van der Waals surface area contributed by atoms with Crippen LogP contribution in [-0.2, 0) is 52.7 Å². The zero-order chi connectivity index (χ0) is 72.5. The first-order valence-electron chi connectivity index (χ1n) is 35.0. The van der Waals surface area contributed by atoms with Crippen molar-refractivity contribution in [1.82, 2.24) is 65.4 Å². The molecule has 95 heavy (non-hydrogen) atoms. The van der Waals surface area contributed by atoms with E-state index in [1.54, 1.807) is 47.6 Å². The van der Waals surface area contributed by atoms with Crippen molar-refractivity contribution in [2.45, 2.75) is 248 Å². The third-order valence-electron chi connectivity index (χ3n) is 19.9. The molecule has 2 heterocycles. The van der Waals surface area contributed by atoms with Crippen LogP contribution in [0.1, 0.15) is 169 Å². The van der Waals surface area contributed by atoms with E-state index in [-0.39, 0.29) is 43.4 Å². The predicted molar refractivity (Wildman–Crippen MR) is 368 cm³/mol. The minimum Gasteiger partial charge on any atom is -0.390 e. The Morgan fingerprint density at radius 1 is 0.474 bits per heavy atom. The van der Waals surface area contributed by atoms with Gasteiger partial charge in [0.05, 0.1) is 6.10 Å². The summed E-state index contributed by atoms with van der Waals surface area (Å²) in [5.74, 6) is -10.1. The molecule has 5 N–H and O–H groups in total. The van der Waals surface area contributed by atoms with Gasteiger partial charge in [-0.05, 0) is 114 Å². The Morgan fingerprint density at radius 2 is 0.937 bits per heavy atom. The second kappa shape index (κ2) is 37.5. The predicted octanol–water partition coefficient (Wildman–Crippen LogP) is 3.42. The van der Waals surface area contributed by atoms with Gasteiger partial charge in [-0.1, -0.05) is 109 Å². The summed E-state index contributed by atoms with van der Waals surface area (Å²) >= 11 is 0. The number of aliphatic hydroxyl groups excluding tert-OH is 1. The molecule has 3 rings (SSSR count). The Bertz CT molecular complexity index is 2640. The molecular formula is C70H125N13O12. The molecule has 25 heteroatoms. The van der Waals surface area contributed by atoms with E-state index in [0.717, 1.165) is 31.1 Å². The van der Waals surface area contributed by atoms with Crippen LogP contribution in [0.3, 0.4) is 0 Å². The average molecular weight is 1340 g/mol. The molecule has 0 spiro atoms. The molecule has 11 amide bonds. The van der Waals surface area contributed by atoms with Crippen LogP contribution in [-0.4, -0.2) is 275 Å². The van der Waals surface area contributed by atoms with Crippen molar-refractivity contribution in [3.63, 3.8) is 0 Å². The Labute approximate surface area is 569 Å². The second-order valence-corrected chi connectivity index (χ2v) is 29.7. The Hall–Kier alpha value is -6.21. The van der Waals surface area contributed by atoms with Gasteiger partial charge < -0.3 is 65.6 Å². The molecule has 2 aliphatic heterocycles. The van der Waals surface area contributed by atoms with Gasteiger partial charge >= 0.3 is 0 Å². The first-order valence-corrected chi connectivity index (χ1v) is 35.0. The third-order valence-corrected chi connectivity index (χ3v) is 19.9. The molecule has 1 saturated carbocycles. The number of nitrogens with zero attached hydrogens (tertiary/aromatic N) is 9. The van der Waals surface area contributed by atoms with Gasteiger partial charge in [-0.3, -0.25) is 57.6 Å². The average Bonchev–Trinajstić information content (AvgIpc) is 0.811. The van der Waals surface area contributed by atoms with Gasteiger partial charge in [-0.15, -0.1) is 0 Å². The van der Waals surface area contributed by atoms with Crippen LogP contribution in [0.5, 0.6) is 0 Å². The normalized spacial score (nSPS) is 28.7. The summed E-state index contributed by atoms with van der Waals surface area (Å²) in [6.07, 6.45) is 6.41. The van der Waals surface area contributed by atoms with Crippen LogP contribution in [0.4, 0.5) is 0 Å². The lowest BCUT2D eigenvalue weighted by molar-refractivity contribution is -0.157. The lowest BCUT2D eigenvalue weighted by atomic mass is 9.91. The minimum atomic E-state index is -1.62. The fourth-order valence-electron chi connectivity index (χ4n) is 13.4. The summed E-state index contributed by atoms with van der Waals surface area (Å²) in [5, 5.41) is 23.5. The SMILES string of the molecule is C/C=C/C[C@@H](C)[C@@H](O)[C@H]1C(=O)N[C@@H](CC)C(=O)N(C)[C@H](C)C(=O)N(C)[C@@H]([C@@H](C)CN2CCN(C3CCC3)CC2)C(=O)N[C@@H](C(C)C)C(=O)N(C)[C@@H](CC(C)C)C(=O)N[C@@H](C)C(=O)N[C@H](C)C(=O)N(C)[C@@H](CC(C)C)C(=O)N(C)[C@@H](CC(C)C)C(=O)N(C)[C@@H](C(C)C)C(=O)N1C. The molecule has 542 valence electrons. The van der Waals surface area contributed by atoms with E-state index in [1.165, 1.54) is 119 Å². The maximum absolute atomic E-state index is 15.3. The Kier molecular flexibility index (Phi) is 32.8. The molecule has 25 nitrogen and oxygen atoms in total. The van der Waals surface area contributed by atoms with E-state index < -0.39 is 161 Å². The summed E-state index contributed by atoms with van der Waals surface area (Å²) < 4.78 is 0. The molecule has 0 aromatic rings. The number of aliphatic hydroxyl groups is 1. The van der Waals surface area contributed by atoms with Gasteiger partial charge in [0.1, 0.15) is 66.5 Å². The van der Waals surface area contributed by atoms with E-state index in [1.807, 2.05) is 61.5 Å². The summed E-state index contributed by atoms with van der Waals surface area (Å²) in [6.45, 7) is 33.3. The molecule has 3 aliphatic rings. The number of hydrogen-bond donors (Lipinski definition) is 5. The summed E-state index contributed by atoms with van der Waals surface area (Å²) in [6, 6.07) is -13.2. The molecule has 0 bridgehead atoms. The highest BCUT2D eigenvalue weighted by molar-refractivity contribution is 6.00. The number of rotatable bonds is 17. The van der Waals surface area contributed by atoms with Gasteiger partial charge in [0, 0.05) is 88.1 Å². The number of amides is 11. The van der Waals surface area contributed by atoms with Crippen molar-refractivity contribution in [2.75, 3.05) is 82.1 Å². The van der Waals surface area contributed by atoms with Crippen molar-refractivity contribution < 1.29 is 57.8 Å². The van der Waals surface area contributed by atoms with Gasteiger partial charge in [0.2, 0.25) is 65.0 Å². The molecule has 14 atom stereocenters. The fourth-order valence-corrected chi connectivity index (χ4v) is 13.4. The zero-order valence-corrected chi connectivity index (χ0v) is 62.4. The summed E-state index contributed by atoms with van der Waals surface area (Å²) in [7, 11) is 10.1. The Balaban J connectivity index is 2.33. The first-order chi connectivity index (χ1) is 44.2. The number of likely N-dealkylation sites (N-methyl/N-ethyl adjacent to an activating group) is 7. The fraction of sp³-hybridized carbons (Fsp3) is 0.814. The lowest BCUT2D eigenvalue weighted by Gasteiger charge is -2.44. The molecule has 0 aromatic heterocycles. The molecule has 3 fully saturated rings. The molecule has 0 unspecified atom stereocenters. The van der Waals surface area contributed by atoms with Crippen LogP contribution < -0.4 is 21.3 Å². The van der Waals surface area contributed by atoms with Crippen molar-refractivity contribution >= 4 is 65.0 Å². The van der Waals surface area contributed by atoms with Crippen molar-refractivity contribution in [3.8, 4) is 0 Å². The second-order valence-electron chi connectivity index (χ2n) is 29.7. The van der Waals surface area contributed by atoms with Gasteiger partial charge in [-0.2, -0.15) is 0 Å². The molecule has 2 saturated heterocycles. The number of hydrogen-bond acceptors (Lipinski definition) is 14. The maximum Gasteiger partial charge on any atom is 0.246 e. The van der Waals surface area contributed by atoms with Crippen LogP contribution in [0, 0.1) is 41.4 Å². The maximum atomic E-state index is 15.3. The largest absolute Gasteiger partial charge is 0.390 e. The van der Waals surface area contributed by atoms with E-state index >= 15 is 28.8 Å². The number of carbonyl (C=O) groups is 11. The number of allylic oxidation sites excluding steroid dienone is 2. The van der Waals surface area contributed by atoms with Gasteiger partial charge in [0.25, 0.3) is 0 Å². The molecule has 1 aliphatic carbocycles. The van der Waals surface area contributed by atoms with Crippen LogP contribution in [0.2, 0.25) is 0 Å². The lowest BCUT2D eigenvalue weighted by Crippen LogP contribution is -2.64. The van der Waals surface area contributed by atoms with Crippen LogP contribution in [0.25, 0.3) is 0 Å². The molecule has 0 aromatic carbocycles. The highest BCUT2D eigenvalue weighted by Gasteiger charge is 2.47. The quantitative estimate of drug-likeness (QED) is 0.131. The monoisotopic (exact) mass is 1340 g/mol. The summed E-state index contributed by atoms with van der Waals surface area (Å²) in [4.78, 5) is 177. The van der Waals surface area contributed by atoms with Gasteiger partial charge in [0.15, 0.2) is 0 Å². The summed E-state index contributed by atoms with van der Waals surface area (Å²) in [5.41, 5.74) is 0. The molecular weight excluding hydrogens is 1210 g/mol.